The second-order valence-electron chi connectivity index (χ2n) is 8.09. The fourth-order valence-electron chi connectivity index (χ4n) is 4.04. The summed E-state index contributed by atoms with van der Waals surface area (Å²) in [5.41, 5.74) is 1.02. The van der Waals surface area contributed by atoms with Crippen molar-refractivity contribution >= 4 is 38.3 Å². The molecule has 4 rings (SSSR count). The number of carbonyl (C=O) groups excluding carboxylic acids is 1. The van der Waals surface area contributed by atoms with E-state index in [1.807, 2.05) is 43.3 Å². The summed E-state index contributed by atoms with van der Waals surface area (Å²) < 4.78 is 40.4. The quantitative estimate of drug-likeness (QED) is 0.571. The minimum Gasteiger partial charge on any atom is -0.349 e. The van der Waals surface area contributed by atoms with Gasteiger partial charge in [0.2, 0.25) is 15.9 Å². The number of nitrogens with one attached hydrogen (secondary N) is 1. The van der Waals surface area contributed by atoms with Gasteiger partial charge in [-0.05, 0) is 60.4 Å². The van der Waals surface area contributed by atoms with Crippen molar-refractivity contribution in [2.75, 3.05) is 13.1 Å². The van der Waals surface area contributed by atoms with Crippen LogP contribution in [-0.2, 0) is 14.8 Å². The molecule has 3 aromatic carbocycles. The zero-order valence-electron chi connectivity index (χ0n) is 17.6. The minimum atomic E-state index is -3.79. The number of halogens is 2. The number of sulfonamides is 1. The molecule has 3 aromatic rings. The highest BCUT2D eigenvalue weighted by Gasteiger charge is 2.32. The summed E-state index contributed by atoms with van der Waals surface area (Å²) in [5.74, 6) is -1.00. The van der Waals surface area contributed by atoms with Crippen molar-refractivity contribution in [3.05, 3.63) is 77.1 Å². The topological polar surface area (TPSA) is 66.5 Å². The average Bonchev–Trinajstić information content (AvgIpc) is 2.80. The van der Waals surface area contributed by atoms with Gasteiger partial charge in [-0.1, -0.05) is 48.0 Å². The highest BCUT2D eigenvalue weighted by molar-refractivity contribution is 7.89. The Morgan fingerprint density at radius 3 is 2.44 bits per heavy atom. The van der Waals surface area contributed by atoms with Crippen LogP contribution in [0, 0.1) is 11.7 Å². The molecular formula is C24H24ClFN2O3S. The van der Waals surface area contributed by atoms with Gasteiger partial charge in [-0.15, -0.1) is 0 Å². The first kappa shape index (κ1) is 22.7. The number of fused-ring (bicyclic) bond motifs is 1. The molecular weight excluding hydrogens is 451 g/mol. The minimum absolute atomic E-state index is 0.0447. The maximum Gasteiger partial charge on any atom is 0.243 e. The second kappa shape index (κ2) is 9.17. The van der Waals surface area contributed by atoms with Gasteiger partial charge in [0, 0.05) is 19.0 Å². The lowest BCUT2D eigenvalue weighted by Gasteiger charge is -2.31. The van der Waals surface area contributed by atoms with E-state index in [9.17, 15) is 17.6 Å². The van der Waals surface area contributed by atoms with Gasteiger partial charge in [0.05, 0.1) is 16.0 Å². The van der Waals surface area contributed by atoms with E-state index in [-0.39, 0.29) is 40.9 Å². The summed E-state index contributed by atoms with van der Waals surface area (Å²) in [6.07, 6.45) is 0.842. The van der Waals surface area contributed by atoms with Crippen molar-refractivity contribution in [3.8, 4) is 0 Å². The van der Waals surface area contributed by atoms with E-state index in [0.717, 1.165) is 28.5 Å². The molecule has 1 fully saturated rings. The summed E-state index contributed by atoms with van der Waals surface area (Å²) in [6, 6.07) is 17.4. The third-order valence-corrected chi connectivity index (χ3v) is 8.17. The van der Waals surface area contributed by atoms with E-state index in [1.165, 1.54) is 10.4 Å². The summed E-state index contributed by atoms with van der Waals surface area (Å²) >= 11 is 5.74. The molecule has 32 heavy (non-hydrogen) atoms. The van der Waals surface area contributed by atoms with Crippen LogP contribution < -0.4 is 5.32 Å². The van der Waals surface area contributed by atoms with Gasteiger partial charge >= 0.3 is 0 Å². The largest absolute Gasteiger partial charge is 0.349 e. The van der Waals surface area contributed by atoms with Gasteiger partial charge in [-0.25, -0.2) is 12.8 Å². The lowest BCUT2D eigenvalue weighted by atomic mass is 9.96. The van der Waals surface area contributed by atoms with Crippen molar-refractivity contribution in [3.63, 3.8) is 0 Å². The van der Waals surface area contributed by atoms with Crippen LogP contribution in [0.1, 0.15) is 31.4 Å². The van der Waals surface area contributed by atoms with Crippen LogP contribution >= 0.6 is 11.6 Å². The molecule has 0 aromatic heterocycles. The number of benzene rings is 3. The SMILES string of the molecule is C[C@@H](NC(=O)C1CCN(S(=O)(=O)c2ccc(F)c(Cl)c2)CC1)c1ccc2ccccc2c1. The molecule has 1 N–H and O–H groups in total. The normalized spacial score (nSPS) is 16.7. The zero-order valence-corrected chi connectivity index (χ0v) is 19.2. The maximum absolute atomic E-state index is 13.4. The molecule has 5 nitrogen and oxygen atoms in total. The van der Waals surface area contributed by atoms with E-state index in [4.69, 9.17) is 11.6 Å². The number of nitrogens with zero attached hydrogens (tertiary/aromatic N) is 1. The van der Waals surface area contributed by atoms with Gasteiger partial charge < -0.3 is 5.32 Å². The second-order valence-corrected chi connectivity index (χ2v) is 10.4. The van der Waals surface area contributed by atoms with Gasteiger partial charge in [0.1, 0.15) is 5.82 Å². The molecule has 0 spiro atoms. The lowest BCUT2D eigenvalue weighted by molar-refractivity contribution is -0.126. The van der Waals surface area contributed by atoms with E-state index in [1.54, 1.807) is 0 Å². The number of amides is 1. The average molecular weight is 475 g/mol. The van der Waals surface area contributed by atoms with Crippen LogP contribution in [-0.4, -0.2) is 31.7 Å². The van der Waals surface area contributed by atoms with Gasteiger partial charge in [0.15, 0.2) is 0 Å². The fourth-order valence-corrected chi connectivity index (χ4v) is 5.78. The first-order valence-corrected chi connectivity index (χ1v) is 12.3. The number of rotatable bonds is 5. The first-order valence-electron chi connectivity index (χ1n) is 10.5. The van der Waals surface area contributed by atoms with Crippen LogP contribution in [0.4, 0.5) is 4.39 Å². The predicted molar refractivity (Wildman–Crippen MR) is 123 cm³/mol. The van der Waals surface area contributed by atoms with Crippen LogP contribution in [0.2, 0.25) is 5.02 Å². The number of piperidine rings is 1. The van der Waals surface area contributed by atoms with Crippen molar-refractivity contribution in [1.82, 2.24) is 9.62 Å². The molecule has 1 saturated heterocycles. The Morgan fingerprint density at radius 1 is 1.06 bits per heavy atom. The Kier molecular flexibility index (Phi) is 6.51. The molecule has 8 heteroatoms. The van der Waals surface area contributed by atoms with Crippen molar-refractivity contribution < 1.29 is 17.6 Å². The molecule has 1 aliphatic heterocycles. The Hall–Kier alpha value is -2.48. The van der Waals surface area contributed by atoms with E-state index in [0.29, 0.717) is 12.8 Å². The molecule has 0 bridgehead atoms. The van der Waals surface area contributed by atoms with Gasteiger partial charge in [0.25, 0.3) is 0 Å². The zero-order chi connectivity index (χ0) is 22.9. The summed E-state index contributed by atoms with van der Waals surface area (Å²) in [7, 11) is -3.79. The molecule has 0 radical (unpaired) electrons. The maximum atomic E-state index is 13.4. The van der Waals surface area contributed by atoms with E-state index in [2.05, 4.69) is 11.4 Å². The first-order chi connectivity index (χ1) is 15.3. The van der Waals surface area contributed by atoms with Crippen LogP contribution in [0.15, 0.2) is 65.6 Å². The summed E-state index contributed by atoms with van der Waals surface area (Å²) in [6.45, 7) is 2.39. The summed E-state index contributed by atoms with van der Waals surface area (Å²) in [4.78, 5) is 12.8. The van der Waals surface area contributed by atoms with Crippen molar-refractivity contribution in [2.45, 2.75) is 30.7 Å². The molecule has 1 atom stereocenters. The fraction of sp³-hybridized carbons (Fsp3) is 0.292. The molecule has 0 aliphatic carbocycles. The van der Waals surface area contributed by atoms with Crippen molar-refractivity contribution in [1.29, 1.82) is 0 Å². The standard InChI is InChI=1S/C24H24ClFN2O3S/c1-16(19-7-6-17-4-2-3-5-20(17)14-19)27-24(29)18-10-12-28(13-11-18)32(30,31)21-8-9-23(26)22(25)15-21/h2-9,14-16,18H,10-13H2,1H3,(H,27,29)/t16-/m1/s1. The smallest absolute Gasteiger partial charge is 0.243 e. The molecule has 1 aliphatic rings. The number of hydrogen-bond donors (Lipinski definition) is 1. The monoisotopic (exact) mass is 474 g/mol. The highest BCUT2D eigenvalue weighted by atomic mass is 35.5. The Morgan fingerprint density at radius 2 is 1.75 bits per heavy atom. The van der Waals surface area contributed by atoms with E-state index < -0.39 is 15.8 Å². The Bertz CT molecular complexity index is 1260. The Labute approximate surface area is 192 Å². The molecule has 1 amide bonds. The number of hydrogen-bond acceptors (Lipinski definition) is 3. The Balaban J connectivity index is 1.38. The predicted octanol–water partition coefficient (Wildman–Crippen LogP) is 4.91. The van der Waals surface area contributed by atoms with Crippen LogP contribution in [0.3, 0.4) is 0 Å². The van der Waals surface area contributed by atoms with Crippen molar-refractivity contribution in [2.24, 2.45) is 5.92 Å². The third kappa shape index (κ3) is 4.65. The van der Waals surface area contributed by atoms with E-state index >= 15 is 0 Å². The van der Waals surface area contributed by atoms with Gasteiger partial charge in [-0.2, -0.15) is 4.31 Å². The molecule has 1 heterocycles. The van der Waals surface area contributed by atoms with Crippen LogP contribution in [0.25, 0.3) is 10.8 Å². The summed E-state index contributed by atoms with van der Waals surface area (Å²) in [5, 5.41) is 5.09. The third-order valence-electron chi connectivity index (χ3n) is 5.99. The van der Waals surface area contributed by atoms with Gasteiger partial charge in [-0.3, -0.25) is 4.79 Å². The molecule has 0 saturated carbocycles. The van der Waals surface area contributed by atoms with Crippen LogP contribution in [0.5, 0.6) is 0 Å². The molecule has 0 unspecified atom stereocenters. The lowest BCUT2D eigenvalue weighted by Crippen LogP contribution is -2.43. The highest BCUT2D eigenvalue weighted by Crippen LogP contribution is 2.27. The number of carbonyl (C=O) groups is 1. The molecule has 168 valence electrons.